The largest absolute Gasteiger partial charge is 0.497 e. The number of urea groups is 1. The fourth-order valence-corrected chi connectivity index (χ4v) is 4.90. The monoisotopic (exact) mass is 429 g/mol. The maximum atomic E-state index is 12.7. The van der Waals surface area contributed by atoms with Crippen LogP contribution in [0.1, 0.15) is 12.8 Å². The summed E-state index contributed by atoms with van der Waals surface area (Å²) >= 11 is 1.71. The van der Waals surface area contributed by atoms with Gasteiger partial charge in [-0.05, 0) is 60.5 Å². The molecule has 2 aromatic rings. The second-order valence-corrected chi connectivity index (χ2v) is 8.40. The predicted molar refractivity (Wildman–Crippen MR) is 117 cm³/mol. The minimum absolute atomic E-state index is 0.0811. The van der Waals surface area contributed by atoms with Gasteiger partial charge < -0.3 is 24.4 Å². The Labute approximate surface area is 181 Å². The number of anilines is 1. The number of nitrogens with one attached hydrogen (secondary N) is 1. The van der Waals surface area contributed by atoms with Crippen LogP contribution >= 0.6 is 11.9 Å². The van der Waals surface area contributed by atoms with E-state index in [0.717, 1.165) is 41.5 Å². The van der Waals surface area contributed by atoms with Crippen LogP contribution in [0.3, 0.4) is 0 Å². The van der Waals surface area contributed by atoms with Gasteiger partial charge in [-0.2, -0.15) is 0 Å². The minimum atomic E-state index is -0.318. The highest BCUT2D eigenvalue weighted by Crippen LogP contribution is 2.41. The average Bonchev–Trinajstić information content (AvgIpc) is 3.16. The number of piperidine rings is 1. The number of rotatable bonds is 5. The number of nitrogens with zero attached hydrogens (tertiary/aromatic N) is 2. The lowest BCUT2D eigenvalue weighted by Gasteiger charge is -2.42. The van der Waals surface area contributed by atoms with E-state index in [9.17, 15) is 4.79 Å². The van der Waals surface area contributed by atoms with Crippen molar-refractivity contribution in [1.29, 1.82) is 0 Å². The highest BCUT2D eigenvalue weighted by Gasteiger charge is 2.46. The molecule has 0 saturated carbocycles. The van der Waals surface area contributed by atoms with Gasteiger partial charge in [-0.15, -0.1) is 0 Å². The molecule has 2 aromatic carbocycles. The first-order valence-corrected chi connectivity index (χ1v) is 10.8. The molecule has 1 spiro atoms. The Morgan fingerprint density at radius 2 is 1.57 bits per heavy atom. The highest BCUT2D eigenvalue weighted by atomic mass is 32.2. The Kier molecular flexibility index (Phi) is 6.36. The number of ether oxygens (including phenoxy) is 3. The molecular weight excluding hydrogens is 402 g/mol. The molecular formula is C22H27N3O4S. The lowest BCUT2D eigenvalue weighted by atomic mass is 10.0. The number of hydrogen-bond acceptors (Lipinski definition) is 6. The van der Waals surface area contributed by atoms with Crippen molar-refractivity contribution in [2.45, 2.75) is 23.5 Å². The number of likely N-dealkylation sites (tertiary alicyclic amines) is 1. The van der Waals surface area contributed by atoms with Gasteiger partial charge in [0.1, 0.15) is 17.2 Å². The van der Waals surface area contributed by atoms with Crippen LogP contribution in [0.5, 0.6) is 11.5 Å². The van der Waals surface area contributed by atoms with Gasteiger partial charge in [-0.1, -0.05) is 0 Å². The molecule has 2 fully saturated rings. The number of amides is 2. The first-order valence-electron chi connectivity index (χ1n) is 10.1. The normalized spacial score (nSPS) is 18.4. The summed E-state index contributed by atoms with van der Waals surface area (Å²) < 4.78 is 18.9. The van der Waals surface area contributed by atoms with E-state index in [1.54, 1.807) is 26.2 Å². The molecule has 0 bridgehead atoms. The number of benzene rings is 2. The summed E-state index contributed by atoms with van der Waals surface area (Å²) in [6.07, 6.45) is 1.57. The van der Waals surface area contributed by atoms with Crippen LogP contribution in [0.2, 0.25) is 0 Å². The summed E-state index contributed by atoms with van der Waals surface area (Å²) in [6, 6.07) is 15.3. The third-order valence-corrected chi connectivity index (χ3v) is 6.79. The summed E-state index contributed by atoms with van der Waals surface area (Å²) in [6.45, 7) is 2.89. The van der Waals surface area contributed by atoms with Crippen LogP contribution in [0.15, 0.2) is 53.4 Å². The van der Waals surface area contributed by atoms with E-state index in [0.29, 0.717) is 19.7 Å². The van der Waals surface area contributed by atoms with Crippen molar-refractivity contribution >= 4 is 23.7 Å². The highest BCUT2D eigenvalue weighted by molar-refractivity contribution is 7.97. The molecule has 4 rings (SSSR count). The number of carbonyl (C=O) groups excluding carboxylic acids is 1. The summed E-state index contributed by atoms with van der Waals surface area (Å²) in [5.41, 5.74) is 0.441. The molecule has 0 aromatic heterocycles. The van der Waals surface area contributed by atoms with E-state index in [-0.39, 0.29) is 11.8 Å². The molecule has 2 amide bonds. The third kappa shape index (κ3) is 4.50. The molecule has 160 valence electrons. The van der Waals surface area contributed by atoms with Crippen LogP contribution < -0.4 is 14.8 Å². The van der Waals surface area contributed by atoms with Crippen LogP contribution in [-0.4, -0.2) is 61.4 Å². The van der Waals surface area contributed by atoms with Gasteiger partial charge in [-0.3, -0.25) is 0 Å². The second-order valence-electron chi connectivity index (χ2n) is 7.31. The van der Waals surface area contributed by atoms with Crippen LogP contribution in [-0.2, 0) is 4.74 Å². The zero-order chi connectivity index (χ0) is 21.0. The molecule has 0 unspecified atom stereocenters. The molecule has 0 aliphatic carbocycles. The molecule has 0 radical (unpaired) electrons. The summed E-state index contributed by atoms with van der Waals surface area (Å²) in [4.78, 5) is 15.7. The Morgan fingerprint density at radius 1 is 0.967 bits per heavy atom. The number of methoxy groups -OCH3 is 2. The van der Waals surface area contributed by atoms with E-state index in [2.05, 4.69) is 21.8 Å². The molecule has 2 aliphatic heterocycles. The molecule has 0 atom stereocenters. The molecule has 2 saturated heterocycles. The zero-order valence-electron chi connectivity index (χ0n) is 17.3. The molecule has 30 heavy (non-hydrogen) atoms. The van der Waals surface area contributed by atoms with Gasteiger partial charge in [0.15, 0.2) is 0 Å². The van der Waals surface area contributed by atoms with Crippen LogP contribution in [0.4, 0.5) is 10.5 Å². The topological polar surface area (TPSA) is 63.3 Å². The van der Waals surface area contributed by atoms with E-state index in [1.165, 1.54) is 0 Å². The lowest BCUT2D eigenvalue weighted by molar-refractivity contribution is -0.0809. The Bertz CT molecular complexity index is 852. The van der Waals surface area contributed by atoms with Gasteiger partial charge in [0, 0.05) is 43.1 Å². The number of hydrogen-bond donors (Lipinski definition) is 1. The van der Waals surface area contributed by atoms with Crippen molar-refractivity contribution in [1.82, 2.24) is 9.21 Å². The quantitative estimate of drug-likeness (QED) is 0.723. The van der Waals surface area contributed by atoms with Crippen molar-refractivity contribution in [2.24, 2.45) is 0 Å². The van der Waals surface area contributed by atoms with Gasteiger partial charge in [0.2, 0.25) is 0 Å². The van der Waals surface area contributed by atoms with Crippen molar-refractivity contribution in [2.75, 3.05) is 45.8 Å². The summed E-state index contributed by atoms with van der Waals surface area (Å²) in [7, 11) is 3.29. The first-order chi connectivity index (χ1) is 14.6. The molecule has 2 aliphatic rings. The van der Waals surface area contributed by atoms with Crippen molar-refractivity contribution in [3.05, 3.63) is 48.5 Å². The smallest absolute Gasteiger partial charge is 0.321 e. The van der Waals surface area contributed by atoms with Gasteiger partial charge in [-0.25, -0.2) is 9.10 Å². The predicted octanol–water partition coefficient (Wildman–Crippen LogP) is 4.07. The molecule has 1 N–H and O–H groups in total. The number of carbonyl (C=O) groups is 1. The Morgan fingerprint density at radius 3 is 2.17 bits per heavy atom. The standard InChI is InChI=1S/C22H27N3O4S/c1-27-18-5-3-17(4-6-18)23-21(26)24-13-11-22(12-14-24)25(15-16-29-22)30-20-9-7-19(28-2)8-10-20/h3-10H,11-16H2,1-2H3,(H,23,26). The molecule has 8 heteroatoms. The van der Waals surface area contributed by atoms with E-state index in [4.69, 9.17) is 14.2 Å². The van der Waals surface area contributed by atoms with Crippen molar-refractivity contribution < 1.29 is 19.0 Å². The van der Waals surface area contributed by atoms with Crippen LogP contribution in [0.25, 0.3) is 0 Å². The second kappa shape index (κ2) is 9.16. The van der Waals surface area contributed by atoms with Gasteiger partial charge >= 0.3 is 6.03 Å². The van der Waals surface area contributed by atoms with Crippen LogP contribution in [0, 0.1) is 0 Å². The fraction of sp³-hybridized carbons (Fsp3) is 0.409. The zero-order valence-corrected chi connectivity index (χ0v) is 18.1. The Balaban J connectivity index is 1.34. The lowest BCUT2D eigenvalue weighted by Crippen LogP contribution is -2.52. The maximum Gasteiger partial charge on any atom is 0.321 e. The minimum Gasteiger partial charge on any atom is -0.497 e. The van der Waals surface area contributed by atoms with E-state index in [1.807, 2.05) is 41.3 Å². The average molecular weight is 430 g/mol. The maximum absolute atomic E-state index is 12.7. The SMILES string of the molecule is COc1ccc(NC(=O)N2CCC3(CC2)OCCN3Sc2ccc(OC)cc2)cc1. The third-order valence-electron chi connectivity index (χ3n) is 5.57. The van der Waals surface area contributed by atoms with E-state index < -0.39 is 0 Å². The molecule has 2 heterocycles. The van der Waals surface area contributed by atoms with E-state index >= 15 is 0 Å². The first kappa shape index (κ1) is 20.8. The Hall–Kier alpha value is -2.42. The van der Waals surface area contributed by atoms with Crippen molar-refractivity contribution in [3.8, 4) is 11.5 Å². The molecule has 7 nitrogen and oxygen atoms in total. The summed E-state index contributed by atoms with van der Waals surface area (Å²) in [5, 5.41) is 2.96. The summed E-state index contributed by atoms with van der Waals surface area (Å²) in [5.74, 6) is 1.61. The van der Waals surface area contributed by atoms with Gasteiger partial charge in [0.05, 0.1) is 20.8 Å². The van der Waals surface area contributed by atoms with Crippen molar-refractivity contribution in [3.63, 3.8) is 0 Å². The fourth-order valence-electron chi connectivity index (χ4n) is 3.82. The van der Waals surface area contributed by atoms with Gasteiger partial charge in [0.25, 0.3) is 0 Å².